The molecule has 0 spiro atoms. The van der Waals surface area contributed by atoms with E-state index in [4.69, 9.17) is 0 Å². The van der Waals surface area contributed by atoms with E-state index in [1.165, 1.54) is 16.5 Å². The van der Waals surface area contributed by atoms with Gasteiger partial charge in [-0.2, -0.15) is 0 Å². The highest BCUT2D eigenvalue weighted by Crippen LogP contribution is 2.33. The molecule has 0 radical (unpaired) electrons. The van der Waals surface area contributed by atoms with Crippen LogP contribution < -0.4 is 10.9 Å². The fourth-order valence-corrected chi connectivity index (χ4v) is 5.72. The number of nitrogens with zero attached hydrogens (tertiary/aromatic N) is 4. The smallest absolute Gasteiger partial charge is 0.262 e. The molecule has 0 fully saturated rings. The lowest BCUT2D eigenvalue weighted by molar-refractivity contribution is 0.449. The summed E-state index contributed by atoms with van der Waals surface area (Å²) >= 11 is 1.64. The van der Waals surface area contributed by atoms with Crippen molar-refractivity contribution in [3.8, 4) is 0 Å². The summed E-state index contributed by atoms with van der Waals surface area (Å²) in [6, 6.07) is 7.15. The van der Waals surface area contributed by atoms with Crippen LogP contribution in [0.15, 0.2) is 54.1 Å². The Hall–Kier alpha value is -2.84. The summed E-state index contributed by atoms with van der Waals surface area (Å²) in [7, 11) is 0. The molecule has 0 saturated carbocycles. The minimum Gasteiger partial charge on any atom is -0.337 e. The van der Waals surface area contributed by atoms with Crippen molar-refractivity contribution in [2.45, 2.75) is 51.2 Å². The molecular formula is C24H26FN5OS. The highest BCUT2D eigenvalue weighted by atomic mass is 32.1. The fourth-order valence-electron chi connectivity index (χ4n) is 4.46. The van der Waals surface area contributed by atoms with Crippen molar-refractivity contribution in [1.29, 1.82) is 0 Å². The highest BCUT2D eigenvalue weighted by Gasteiger charge is 2.25. The molecule has 1 aliphatic carbocycles. The first-order valence-corrected chi connectivity index (χ1v) is 11.9. The Bertz CT molecular complexity index is 1260. The second-order valence-electron chi connectivity index (χ2n) is 8.32. The molecule has 1 aromatic carbocycles. The van der Waals surface area contributed by atoms with E-state index in [9.17, 15) is 9.18 Å². The van der Waals surface area contributed by atoms with Crippen LogP contribution in [0.3, 0.4) is 0 Å². The largest absolute Gasteiger partial charge is 0.337 e. The zero-order chi connectivity index (χ0) is 21.9. The average molecular weight is 452 g/mol. The van der Waals surface area contributed by atoms with Crippen molar-refractivity contribution in [2.75, 3.05) is 6.54 Å². The van der Waals surface area contributed by atoms with Gasteiger partial charge in [0.15, 0.2) is 0 Å². The van der Waals surface area contributed by atoms with Crippen molar-refractivity contribution in [3.63, 3.8) is 0 Å². The number of fused-ring (bicyclic) bond motifs is 3. The van der Waals surface area contributed by atoms with Gasteiger partial charge in [-0.25, -0.2) is 14.4 Å². The number of hydrogen-bond donors (Lipinski definition) is 1. The number of hydrogen-bond acceptors (Lipinski definition) is 5. The maximum absolute atomic E-state index is 13.9. The van der Waals surface area contributed by atoms with Gasteiger partial charge in [0.05, 0.1) is 18.0 Å². The average Bonchev–Trinajstić information content (AvgIpc) is 3.45. The molecule has 8 heteroatoms. The van der Waals surface area contributed by atoms with Gasteiger partial charge in [0.1, 0.15) is 10.6 Å². The maximum Gasteiger partial charge on any atom is 0.262 e. The Morgan fingerprint density at radius 1 is 1.22 bits per heavy atom. The topological polar surface area (TPSA) is 64.7 Å². The molecule has 1 atom stereocenters. The van der Waals surface area contributed by atoms with E-state index in [0.29, 0.717) is 24.6 Å². The van der Waals surface area contributed by atoms with Crippen molar-refractivity contribution >= 4 is 21.6 Å². The van der Waals surface area contributed by atoms with Crippen LogP contribution in [0.2, 0.25) is 0 Å². The van der Waals surface area contributed by atoms with Crippen molar-refractivity contribution in [1.82, 2.24) is 24.4 Å². The molecule has 3 aromatic heterocycles. The molecule has 0 amide bonds. The molecule has 1 unspecified atom stereocenters. The number of nitrogens with one attached hydrogen (secondary N) is 1. The predicted molar refractivity (Wildman–Crippen MR) is 125 cm³/mol. The molecule has 1 N–H and O–H groups in total. The molecular weight excluding hydrogens is 425 g/mol. The first-order chi connectivity index (χ1) is 15.7. The van der Waals surface area contributed by atoms with E-state index < -0.39 is 0 Å². The van der Waals surface area contributed by atoms with E-state index in [2.05, 4.69) is 19.9 Å². The van der Waals surface area contributed by atoms with Gasteiger partial charge < -0.3 is 9.88 Å². The van der Waals surface area contributed by atoms with Gasteiger partial charge in [-0.1, -0.05) is 18.2 Å². The van der Waals surface area contributed by atoms with Crippen LogP contribution in [0, 0.1) is 5.82 Å². The van der Waals surface area contributed by atoms with Crippen LogP contribution in [0.25, 0.3) is 10.2 Å². The van der Waals surface area contributed by atoms with E-state index in [-0.39, 0.29) is 11.4 Å². The summed E-state index contributed by atoms with van der Waals surface area (Å²) in [5, 5.41) is 4.44. The zero-order valence-electron chi connectivity index (χ0n) is 17.8. The third kappa shape index (κ3) is 4.38. The van der Waals surface area contributed by atoms with Crippen molar-refractivity contribution in [3.05, 3.63) is 81.5 Å². The molecule has 166 valence electrons. The Morgan fingerprint density at radius 3 is 2.97 bits per heavy atom. The number of thiophene rings is 1. The van der Waals surface area contributed by atoms with Crippen LogP contribution in [-0.2, 0) is 32.4 Å². The normalized spacial score (nSPS) is 15.8. The maximum atomic E-state index is 13.9. The van der Waals surface area contributed by atoms with Gasteiger partial charge >= 0.3 is 0 Å². The van der Waals surface area contributed by atoms with E-state index in [1.807, 2.05) is 18.6 Å². The Balaban J connectivity index is 1.25. The molecule has 5 rings (SSSR count). The molecule has 1 aliphatic rings. The van der Waals surface area contributed by atoms with Gasteiger partial charge in [0.25, 0.3) is 5.56 Å². The minimum atomic E-state index is -0.230. The summed E-state index contributed by atoms with van der Waals surface area (Å²) in [5.74, 6) is -0.230. The van der Waals surface area contributed by atoms with Gasteiger partial charge in [-0.15, -0.1) is 11.3 Å². The quantitative estimate of drug-likeness (QED) is 0.416. The lowest BCUT2D eigenvalue weighted by atomic mass is 9.93. The third-order valence-corrected chi connectivity index (χ3v) is 7.36. The third-order valence-electron chi connectivity index (χ3n) is 6.20. The molecule has 0 saturated heterocycles. The molecule has 0 aliphatic heterocycles. The molecule has 0 bridgehead atoms. The summed E-state index contributed by atoms with van der Waals surface area (Å²) in [4.78, 5) is 23.9. The molecule has 4 aromatic rings. The number of aromatic nitrogens is 4. The van der Waals surface area contributed by atoms with Gasteiger partial charge in [-0.3, -0.25) is 9.36 Å². The number of benzene rings is 1. The first kappa shape index (κ1) is 21.0. The van der Waals surface area contributed by atoms with Crippen LogP contribution in [0.5, 0.6) is 0 Å². The van der Waals surface area contributed by atoms with Crippen molar-refractivity contribution in [2.24, 2.45) is 0 Å². The summed E-state index contributed by atoms with van der Waals surface area (Å²) in [6.45, 7) is 2.35. The SMILES string of the molecule is O=c1c2c3c(sc2ncn1CCc1ccccc1F)CC(NCCCn1ccnc1)CC3. The Morgan fingerprint density at radius 2 is 2.12 bits per heavy atom. The van der Waals surface area contributed by atoms with Crippen LogP contribution >= 0.6 is 11.3 Å². The van der Waals surface area contributed by atoms with E-state index in [0.717, 1.165) is 49.0 Å². The van der Waals surface area contributed by atoms with E-state index in [1.54, 1.807) is 40.6 Å². The Kier molecular flexibility index (Phi) is 6.14. The second-order valence-corrected chi connectivity index (χ2v) is 9.40. The predicted octanol–water partition coefficient (Wildman–Crippen LogP) is 3.57. The minimum absolute atomic E-state index is 0.00409. The highest BCUT2D eigenvalue weighted by molar-refractivity contribution is 7.18. The van der Waals surface area contributed by atoms with E-state index >= 15 is 0 Å². The molecule has 6 nitrogen and oxygen atoms in total. The number of aryl methyl sites for hydroxylation is 4. The fraction of sp³-hybridized carbons (Fsp3) is 0.375. The van der Waals surface area contributed by atoms with Crippen molar-refractivity contribution < 1.29 is 4.39 Å². The lowest BCUT2D eigenvalue weighted by Gasteiger charge is -2.23. The van der Waals surface area contributed by atoms with Crippen LogP contribution in [-0.4, -0.2) is 31.7 Å². The van der Waals surface area contributed by atoms with Gasteiger partial charge in [-0.05, 0) is 55.8 Å². The Labute approximate surface area is 189 Å². The summed E-state index contributed by atoms with van der Waals surface area (Å²) in [6.07, 6.45) is 11.6. The monoisotopic (exact) mass is 451 g/mol. The lowest BCUT2D eigenvalue weighted by Crippen LogP contribution is -2.35. The molecule has 32 heavy (non-hydrogen) atoms. The summed E-state index contributed by atoms with van der Waals surface area (Å²) < 4.78 is 17.6. The second kappa shape index (κ2) is 9.34. The standard InChI is InChI=1S/C24H26FN5OS/c25-20-5-2-1-4-17(20)8-12-30-16-28-23-22(24(30)31)19-7-6-18(14-21(19)32-23)27-9-3-11-29-13-10-26-15-29/h1-2,4-5,10,13,15-16,18,27H,3,6-9,11-12,14H2. The van der Waals surface area contributed by atoms with Gasteiger partial charge in [0, 0.05) is 36.4 Å². The number of halogens is 1. The first-order valence-electron chi connectivity index (χ1n) is 11.1. The molecule has 3 heterocycles. The van der Waals surface area contributed by atoms with Crippen LogP contribution in [0.1, 0.15) is 28.8 Å². The number of rotatable bonds is 8. The zero-order valence-corrected chi connectivity index (χ0v) is 18.7. The summed E-state index contributed by atoms with van der Waals surface area (Å²) in [5.41, 5.74) is 1.78. The number of imidazole rings is 1. The van der Waals surface area contributed by atoms with Gasteiger partial charge in [0.2, 0.25) is 0 Å². The van der Waals surface area contributed by atoms with Crippen LogP contribution in [0.4, 0.5) is 4.39 Å².